The zero-order valence-corrected chi connectivity index (χ0v) is 14.8. The lowest BCUT2D eigenvalue weighted by atomic mass is 10.2. The van der Waals surface area contributed by atoms with Crippen LogP contribution in [0.5, 0.6) is 0 Å². The molecule has 2 aromatic carbocycles. The number of anilines is 1. The van der Waals surface area contributed by atoms with Crippen molar-refractivity contribution in [3.8, 4) is 0 Å². The predicted octanol–water partition coefficient (Wildman–Crippen LogP) is 3.90. The third-order valence-corrected chi connectivity index (χ3v) is 4.34. The number of fused-ring (bicyclic) bond motifs is 1. The highest BCUT2D eigenvalue weighted by molar-refractivity contribution is 14.1. The summed E-state index contributed by atoms with van der Waals surface area (Å²) in [6, 6.07) is 14.0. The van der Waals surface area contributed by atoms with Gasteiger partial charge >= 0.3 is 0 Å². The average Bonchev–Trinajstić information content (AvgIpc) is 2.52. The van der Waals surface area contributed by atoms with E-state index in [0.717, 1.165) is 9.26 Å². The second-order valence-electron chi connectivity index (χ2n) is 5.02. The van der Waals surface area contributed by atoms with E-state index >= 15 is 0 Å². The monoisotopic (exact) mass is 438 g/mol. The quantitative estimate of drug-likeness (QED) is 0.631. The van der Waals surface area contributed by atoms with Gasteiger partial charge in [0, 0.05) is 31.9 Å². The topological polar surface area (TPSA) is 51.1 Å². The van der Waals surface area contributed by atoms with Crippen LogP contribution in [-0.2, 0) is 11.3 Å². The molecule has 0 aliphatic carbocycles. The summed E-state index contributed by atoms with van der Waals surface area (Å²) < 4.78 is 2.81. The second-order valence-corrected chi connectivity index (χ2v) is 6.71. The van der Waals surface area contributed by atoms with E-state index in [9.17, 15) is 9.59 Å². The molecule has 23 heavy (non-hydrogen) atoms. The first-order valence-corrected chi connectivity index (χ1v) is 8.33. The Morgan fingerprint density at radius 2 is 1.87 bits per heavy atom. The lowest BCUT2D eigenvalue weighted by Crippen LogP contribution is -2.20. The number of hydrogen-bond acceptors (Lipinski definition) is 2. The summed E-state index contributed by atoms with van der Waals surface area (Å²) >= 11 is 8.21. The van der Waals surface area contributed by atoms with E-state index in [-0.39, 0.29) is 17.9 Å². The highest BCUT2D eigenvalue weighted by Gasteiger charge is 2.08. The van der Waals surface area contributed by atoms with Gasteiger partial charge in [-0.1, -0.05) is 11.6 Å². The zero-order chi connectivity index (χ0) is 16.4. The largest absolute Gasteiger partial charge is 0.338 e. The van der Waals surface area contributed by atoms with Crippen molar-refractivity contribution in [2.75, 3.05) is 5.32 Å². The minimum atomic E-state index is -0.170. The first kappa shape index (κ1) is 16.0. The van der Waals surface area contributed by atoms with Crippen LogP contribution in [0.3, 0.4) is 0 Å². The fourth-order valence-corrected chi connectivity index (χ4v) is 2.83. The number of carbonyl (C=O) groups is 1. The van der Waals surface area contributed by atoms with Crippen LogP contribution in [0.2, 0.25) is 5.02 Å². The lowest BCUT2D eigenvalue weighted by molar-refractivity contribution is -0.116. The summed E-state index contributed by atoms with van der Waals surface area (Å²) in [4.78, 5) is 24.1. The minimum Gasteiger partial charge on any atom is -0.338 e. The van der Waals surface area contributed by atoms with Gasteiger partial charge in [-0.3, -0.25) is 9.59 Å². The van der Waals surface area contributed by atoms with Gasteiger partial charge in [-0.05, 0) is 65.1 Å². The number of carbonyl (C=O) groups excluding carboxylic acids is 1. The first-order valence-electron chi connectivity index (χ1n) is 6.87. The average molecular weight is 439 g/mol. The van der Waals surface area contributed by atoms with Crippen LogP contribution in [0.1, 0.15) is 0 Å². The molecule has 0 aliphatic heterocycles. The van der Waals surface area contributed by atoms with Crippen molar-refractivity contribution in [1.29, 1.82) is 0 Å². The molecule has 1 N–H and O–H groups in total. The van der Waals surface area contributed by atoms with Gasteiger partial charge < -0.3 is 9.88 Å². The Labute approximate surface area is 151 Å². The molecule has 4 nitrogen and oxygen atoms in total. The van der Waals surface area contributed by atoms with Gasteiger partial charge in [0.1, 0.15) is 6.54 Å². The molecule has 0 spiro atoms. The van der Waals surface area contributed by atoms with Crippen molar-refractivity contribution in [2.45, 2.75) is 6.54 Å². The van der Waals surface area contributed by atoms with Crippen LogP contribution in [0.25, 0.3) is 10.9 Å². The number of hydrogen-bond donors (Lipinski definition) is 1. The van der Waals surface area contributed by atoms with Crippen LogP contribution in [-0.4, -0.2) is 10.5 Å². The summed E-state index contributed by atoms with van der Waals surface area (Å²) in [6.45, 7) is 0.100. The van der Waals surface area contributed by atoms with Crippen LogP contribution >= 0.6 is 34.2 Å². The predicted molar refractivity (Wildman–Crippen MR) is 101 cm³/mol. The molecule has 6 heteroatoms. The van der Waals surface area contributed by atoms with E-state index in [1.807, 2.05) is 24.3 Å². The highest BCUT2D eigenvalue weighted by atomic mass is 127. The number of halogens is 2. The van der Waals surface area contributed by atoms with Gasteiger partial charge in [0.2, 0.25) is 5.91 Å². The Morgan fingerprint density at radius 3 is 2.61 bits per heavy atom. The Bertz CT molecular complexity index is 935. The summed E-state index contributed by atoms with van der Waals surface area (Å²) in [6.07, 6.45) is 1.61. The maximum absolute atomic E-state index is 12.2. The Balaban J connectivity index is 1.87. The molecule has 0 bridgehead atoms. The van der Waals surface area contributed by atoms with Gasteiger partial charge in [0.25, 0.3) is 0 Å². The number of amides is 1. The van der Waals surface area contributed by atoms with Crippen LogP contribution < -0.4 is 10.7 Å². The van der Waals surface area contributed by atoms with Crippen molar-refractivity contribution in [1.82, 2.24) is 4.57 Å². The molecule has 0 radical (unpaired) electrons. The molecule has 1 heterocycles. The minimum absolute atomic E-state index is 0.0917. The summed E-state index contributed by atoms with van der Waals surface area (Å²) in [5.41, 5.74) is 1.28. The smallest absolute Gasteiger partial charge is 0.244 e. The van der Waals surface area contributed by atoms with Gasteiger partial charge in [-0.25, -0.2) is 0 Å². The molecular weight excluding hydrogens is 427 g/mol. The number of nitrogens with zero attached hydrogens (tertiary/aromatic N) is 1. The Kier molecular flexibility index (Phi) is 4.68. The standard InChI is InChI=1S/C17H12ClIN2O2/c18-11-1-6-14-15(9-11)21(8-7-16(14)22)10-17(23)20-13-4-2-12(19)3-5-13/h1-9H,10H2,(H,20,23). The first-order chi connectivity index (χ1) is 11.0. The SMILES string of the molecule is O=C(Cn1ccc(=O)c2ccc(Cl)cc21)Nc1ccc(I)cc1. The van der Waals surface area contributed by atoms with Crippen molar-refractivity contribution in [3.05, 3.63) is 73.5 Å². The normalized spacial score (nSPS) is 10.7. The molecule has 3 rings (SSSR count). The summed E-state index contributed by atoms with van der Waals surface area (Å²) in [7, 11) is 0. The van der Waals surface area contributed by atoms with Crippen molar-refractivity contribution in [3.63, 3.8) is 0 Å². The van der Waals surface area contributed by atoms with Crippen LogP contribution in [0, 0.1) is 3.57 Å². The number of rotatable bonds is 3. The summed E-state index contributed by atoms with van der Waals surface area (Å²) in [5.74, 6) is -0.170. The van der Waals surface area contributed by atoms with Gasteiger partial charge in [-0.15, -0.1) is 0 Å². The molecular formula is C17H12ClIN2O2. The van der Waals surface area contributed by atoms with Gasteiger partial charge in [-0.2, -0.15) is 0 Å². The third kappa shape index (κ3) is 3.73. The maximum Gasteiger partial charge on any atom is 0.244 e. The van der Waals surface area contributed by atoms with E-state index in [4.69, 9.17) is 11.6 Å². The zero-order valence-electron chi connectivity index (χ0n) is 11.9. The second kappa shape index (κ2) is 6.72. The molecule has 0 atom stereocenters. The van der Waals surface area contributed by atoms with E-state index in [2.05, 4.69) is 27.9 Å². The molecule has 0 saturated carbocycles. The molecule has 0 saturated heterocycles. The van der Waals surface area contributed by atoms with Crippen LogP contribution in [0.15, 0.2) is 59.5 Å². The molecule has 1 amide bonds. The molecule has 0 aliphatic rings. The van der Waals surface area contributed by atoms with Crippen molar-refractivity contribution in [2.24, 2.45) is 0 Å². The van der Waals surface area contributed by atoms with E-state index in [0.29, 0.717) is 15.9 Å². The molecule has 1 aromatic heterocycles. The fraction of sp³-hybridized carbons (Fsp3) is 0.0588. The third-order valence-electron chi connectivity index (χ3n) is 3.38. The molecule has 0 unspecified atom stereocenters. The van der Waals surface area contributed by atoms with E-state index < -0.39 is 0 Å². The number of nitrogens with one attached hydrogen (secondary N) is 1. The van der Waals surface area contributed by atoms with E-state index in [1.165, 1.54) is 6.07 Å². The summed E-state index contributed by atoms with van der Waals surface area (Å²) in [5, 5.41) is 3.90. The fourth-order valence-electron chi connectivity index (χ4n) is 2.30. The Hall–Kier alpha value is -1.86. The number of benzene rings is 2. The van der Waals surface area contributed by atoms with Crippen LogP contribution in [0.4, 0.5) is 5.69 Å². The van der Waals surface area contributed by atoms with Crippen molar-refractivity contribution >= 4 is 56.7 Å². The van der Waals surface area contributed by atoms with E-state index in [1.54, 1.807) is 29.0 Å². The Morgan fingerprint density at radius 1 is 1.13 bits per heavy atom. The van der Waals surface area contributed by atoms with Gasteiger partial charge in [0.05, 0.1) is 5.52 Å². The molecule has 116 valence electrons. The lowest BCUT2D eigenvalue weighted by Gasteiger charge is -2.11. The molecule has 3 aromatic rings. The number of aromatic nitrogens is 1. The highest BCUT2D eigenvalue weighted by Crippen LogP contribution is 2.17. The van der Waals surface area contributed by atoms with Crippen molar-refractivity contribution < 1.29 is 4.79 Å². The van der Waals surface area contributed by atoms with Gasteiger partial charge in [0.15, 0.2) is 5.43 Å². The number of pyridine rings is 1. The molecule has 0 fully saturated rings. The maximum atomic E-state index is 12.2.